The lowest BCUT2D eigenvalue weighted by Gasteiger charge is -2.28. The zero-order valence-electron chi connectivity index (χ0n) is 16.1. The predicted molar refractivity (Wildman–Crippen MR) is 102 cm³/mol. The monoisotopic (exact) mass is 345 g/mol. The summed E-state index contributed by atoms with van der Waals surface area (Å²) >= 11 is 0. The van der Waals surface area contributed by atoms with Crippen molar-refractivity contribution in [1.82, 2.24) is 10.2 Å². The molecule has 0 saturated carbocycles. The molecule has 1 fully saturated rings. The summed E-state index contributed by atoms with van der Waals surface area (Å²) in [7, 11) is 0. The average Bonchev–Trinajstić information content (AvgIpc) is 2.87. The third-order valence-electron chi connectivity index (χ3n) is 4.26. The van der Waals surface area contributed by atoms with E-state index in [4.69, 9.17) is 0 Å². The Bertz CT molecular complexity index is 585. The van der Waals surface area contributed by atoms with E-state index >= 15 is 0 Å². The number of amides is 3. The fourth-order valence-electron chi connectivity index (χ4n) is 3.17. The molecule has 0 aromatic heterocycles. The highest BCUT2D eigenvalue weighted by atomic mass is 16.2. The van der Waals surface area contributed by atoms with Gasteiger partial charge in [-0.2, -0.15) is 0 Å². The van der Waals surface area contributed by atoms with Crippen molar-refractivity contribution in [3.05, 3.63) is 29.8 Å². The number of hydrogen-bond donors (Lipinski definition) is 1. The molecule has 138 valence electrons. The smallest absolute Gasteiger partial charge is 0.317 e. The first-order chi connectivity index (χ1) is 11.8. The van der Waals surface area contributed by atoms with Crippen LogP contribution in [0.2, 0.25) is 0 Å². The number of carbonyl (C=O) groups excluding carboxylic acids is 2. The summed E-state index contributed by atoms with van der Waals surface area (Å²) < 4.78 is 0. The maximum absolute atomic E-state index is 12.6. The van der Waals surface area contributed by atoms with Gasteiger partial charge in [0.15, 0.2) is 0 Å². The van der Waals surface area contributed by atoms with Gasteiger partial charge in [-0.1, -0.05) is 45.4 Å². The van der Waals surface area contributed by atoms with Crippen molar-refractivity contribution in [2.45, 2.75) is 47.1 Å². The number of nitrogens with zero attached hydrogens (tertiary/aromatic N) is 2. The van der Waals surface area contributed by atoms with Gasteiger partial charge in [0, 0.05) is 31.7 Å². The molecule has 0 radical (unpaired) electrons. The summed E-state index contributed by atoms with van der Waals surface area (Å²) in [6, 6.07) is 7.72. The first-order valence-electron chi connectivity index (χ1n) is 9.18. The number of benzene rings is 1. The number of aryl methyl sites for hydroxylation is 1. The van der Waals surface area contributed by atoms with Crippen molar-refractivity contribution in [2.75, 3.05) is 24.5 Å². The number of urea groups is 1. The average molecular weight is 345 g/mol. The van der Waals surface area contributed by atoms with E-state index in [2.05, 4.69) is 33.0 Å². The number of carbonyl (C=O) groups is 2. The minimum atomic E-state index is -0.136. The first-order valence-corrected chi connectivity index (χ1v) is 9.18. The largest absolute Gasteiger partial charge is 0.333 e. The van der Waals surface area contributed by atoms with Crippen molar-refractivity contribution < 1.29 is 9.59 Å². The highest BCUT2D eigenvalue weighted by molar-refractivity contribution is 5.96. The van der Waals surface area contributed by atoms with E-state index in [1.807, 2.05) is 36.1 Å². The Balaban J connectivity index is 1.99. The van der Waals surface area contributed by atoms with Gasteiger partial charge < -0.3 is 15.1 Å². The molecular weight excluding hydrogens is 314 g/mol. The normalized spacial score (nSPS) is 17.5. The van der Waals surface area contributed by atoms with Crippen molar-refractivity contribution in [3.8, 4) is 0 Å². The molecule has 5 nitrogen and oxygen atoms in total. The van der Waals surface area contributed by atoms with Gasteiger partial charge in [0.25, 0.3) is 0 Å². The summed E-state index contributed by atoms with van der Waals surface area (Å²) in [6.45, 7) is 12.5. The van der Waals surface area contributed by atoms with Crippen molar-refractivity contribution in [2.24, 2.45) is 11.8 Å². The van der Waals surface area contributed by atoms with E-state index in [0.29, 0.717) is 24.8 Å². The molecule has 1 aliphatic heterocycles. The molecule has 0 aliphatic carbocycles. The summed E-state index contributed by atoms with van der Waals surface area (Å²) in [5, 5.41) is 3.06. The third-order valence-corrected chi connectivity index (χ3v) is 4.26. The van der Waals surface area contributed by atoms with Crippen LogP contribution >= 0.6 is 0 Å². The molecule has 1 N–H and O–H groups in total. The van der Waals surface area contributed by atoms with E-state index in [0.717, 1.165) is 18.8 Å². The highest BCUT2D eigenvalue weighted by Gasteiger charge is 2.32. The topological polar surface area (TPSA) is 52.7 Å². The lowest BCUT2D eigenvalue weighted by molar-refractivity contribution is -0.117. The molecule has 2 rings (SSSR count). The van der Waals surface area contributed by atoms with Crippen LogP contribution in [0.1, 0.15) is 39.7 Å². The molecule has 0 bridgehead atoms. The molecule has 3 amide bonds. The number of anilines is 1. The van der Waals surface area contributed by atoms with Gasteiger partial charge >= 0.3 is 6.03 Å². The zero-order valence-corrected chi connectivity index (χ0v) is 16.1. The second-order valence-corrected chi connectivity index (χ2v) is 7.88. The molecule has 0 unspecified atom stereocenters. The first kappa shape index (κ1) is 19.3. The molecule has 0 spiro atoms. The fraction of sp³-hybridized carbons (Fsp3) is 0.600. The van der Waals surface area contributed by atoms with Crippen LogP contribution in [0.15, 0.2) is 24.3 Å². The SMILES string of the molecule is Cc1ccc(N2C[C@H](NC(=O)N(CC(C)C)CC(C)C)CC2=O)cc1. The summed E-state index contributed by atoms with van der Waals surface area (Å²) in [5.41, 5.74) is 2.06. The minimum Gasteiger partial charge on any atom is -0.333 e. The van der Waals surface area contributed by atoms with Gasteiger partial charge in [-0.05, 0) is 30.9 Å². The van der Waals surface area contributed by atoms with Gasteiger partial charge in [0.05, 0.1) is 6.04 Å². The van der Waals surface area contributed by atoms with Crippen LogP contribution < -0.4 is 10.2 Å². The van der Waals surface area contributed by atoms with E-state index in [-0.39, 0.29) is 18.0 Å². The van der Waals surface area contributed by atoms with Gasteiger partial charge in [0.1, 0.15) is 0 Å². The maximum Gasteiger partial charge on any atom is 0.317 e. The van der Waals surface area contributed by atoms with Crippen molar-refractivity contribution in [1.29, 1.82) is 0 Å². The Hall–Kier alpha value is -2.04. The maximum atomic E-state index is 12.6. The predicted octanol–water partition coefficient (Wildman–Crippen LogP) is 3.42. The fourth-order valence-corrected chi connectivity index (χ4v) is 3.17. The van der Waals surface area contributed by atoms with E-state index < -0.39 is 0 Å². The molecular formula is C20H31N3O2. The lowest BCUT2D eigenvalue weighted by Crippen LogP contribution is -2.48. The molecule has 1 saturated heterocycles. The number of rotatable bonds is 6. The Morgan fingerprint density at radius 1 is 1.16 bits per heavy atom. The summed E-state index contributed by atoms with van der Waals surface area (Å²) in [5.74, 6) is 0.894. The lowest BCUT2D eigenvalue weighted by atomic mass is 10.1. The second kappa shape index (κ2) is 8.37. The molecule has 5 heteroatoms. The Morgan fingerprint density at radius 3 is 2.24 bits per heavy atom. The van der Waals surface area contributed by atoms with Gasteiger partial charge in [-0.25, -0.2) is 4.79 Å². The van der Waals surface area contributed by atoms with Crippen LogP contribution in [0, 0.1) is 18.8 Å². The zero-order chi connectivity index (χ0) is 18.6. The van der Waals surface area contributed by atoms with Crippen LogP contribution in [0.5, 0.6) is 0 Å². The number of nitrogens with one attached hydrogen (secondary N) is 1. The van der Waals surface area contributed by atoms with E-state index in [1.54, 1.807) is 4.90 Å². The molecule has 1 aliphatic rings. The van der Waals surface area contributed by atoms with Crippen molar-refractivity contribution in [3.63, 3.8) is 0 Å². The quantitative estimate of drug-likeness (QED) is 0.859. The third kappa shape index (κ3) is 5.48. The van der Waals surface area contributed by atoms with Crippen LogP contribution in [0.3, 0.4) is 0 Å². The Morgan fingerprint density at radius 2 is 1.72 bits per heavy atom. The van der Waals surface area contributed by atoms with Gasteiger partial charge in [0.2, 0.25) is 5.91 Å². The second-order valence-electron chi connectivity index (χ2n) is 7.88. The molecule has 1 heterocycles. The summed E-state index contributed by atoms with van der Waals surface area (Å²) in [6.07, 6.45) is 0.358. The molecule has 25 heavy (non-hydrogen) atoms. The molecule has 1 aromatic rings. The van der Waals surface area contributed by atoms with E-state index in [1.165, 1.54) is 5.56 Å². The Kier molecular flexibility index (Phi) is 6.45. The van der Waals surface area contributed by atoms with Crippen LogP contribution in [-0.2, 0) is 4.79 Å². The van der Waals surface area contributed by atoms with Crippen LogP contribution in [0.4, 0.5) is 10.5 Å². The molecule has 1 atom stereocenters. The van der Waals surface area contributed by atoms with Gasteiger partial charge in [-0.15, -0.1) is 0 Å². The van der Waals surface area contributed by atoms with Crippen LogP contribution in [0.25, 0.3) is 0 Å². The molecule has 1 aromatic carbocycles. The van der Waals surface area contributed by atoms with Crippen LogP contribution in [-0.4, -0.2) is 42.5 Å². The van der Waals surface area contributed by atoms with Gasteiger partial charge in [-0.3, -0.25) is 4.79 Å². The summed E-state index contributed by atoms with van der Waals surface area (Å²) in [4.78, 5) is 28.6. The van der Waals surface area contributed by atoms with E-state index in [9.17, 15) is 9.59 Å². The van der Waals surface area contributed by atoms with Crippen molar-refractivity contribution >= 4 is 17.6 Å². The standard InChI is InChI=1S/C20H31N3O2/c1-14(2)11-22(12-15(3)4)20(25)21-17-10-19(24)23(13-17)18-8-6-16(5)7-9-18/h6-9,14-15,17H,10-13H2,1-5H3,(H,21,25)/t17-/m1/s1. The highest BCUT2D eigenvalue weighted by Crippen LogP contribution is 2.22. The Labute approximate surface area is 151 Å². The minimum absolute atomic E-state index is 0.0634. The number of hydrogen-bond acceptors (Lipinski definition) is 2.